The van der Waals surface area contributed by atoms with E-state index >= 15 is 4.39 Å². The van der Waals surface area contributed by atoms with Crippen molar-refractivity contribution < 1.29 is 40.3 Å². The number of nitrogens with zero attached hydrogens (tertiary/aromatic N) is 3. The number of alkyl halides is 6. The van der Waals surface area contributed by atoms with Crippen LogP contribution in [0.15, 0.2) is 54.9 Å². The van der Waals surface area contributed by atoms with Crippen molar-refractivity contribution >= 4 is 52.5 Å². The Morgan fingerprint density at radius 2 is 1.65 bits per heavy atom. The SMILES string of the molecule is COCN(NC(=O)c1ccc(C(F)=CC(c2cc(Cl)c(Cl)c(Cl)c2)C(F)(F)F)cc1C(F)(F)F)c1ncccn1. The molecule has 0 aliphatic carbocycles. The topological polar surface area (TPSA) is 67.3 Å². The summed E-state index contributed by atoms with van der Waals surface area (Å²) in [4.78, 5) is 20.5. The van der Waals surface area contributed by atoms with Crippen molar-refractivity contribution in [3.05, 3.63) is 92.2 Å². The summed E-state index contributed by atoms with van der Waals surface area (Å²) in [5.74, 6) is -5.71. The van der Waals surface area contributed by atoms with E-state index in [1.807, 2.05) is 0 Å². The predicted octanol–water partition coefficient (Wildman–Crippen LogP) is 7.87. The minimum absolute atomic E-state index is 0.0677. The highest BCUT2D eigenvalue weighted by Gasteiger charge is 2.41. The zero-order chi connectivity index (χ0) is 29.8. The molecular formula is C24H16Cl3F7N4O2. The first-order valence-corrected chi connectivity index (χ1v) is 11.9. The van der Waals surface area contributed by atoms with E-state index in [9.17, 15) is 31.1 Å². The number of amides is 1. The van der Waals surface area contributed by atoms with Crippen LogP contribution in [0.5, 0.6) is 0 Å². The van der Waals surface area contributed by atoms with E-state index in [0.29, 0.717) is 6.07 Å². The molecule has 1 unspecified atom stereocenters. The van der Waals surface area contributed by atoms with Gasteiger partial charge in [0.1, 0.15) is 18.5 Å². The van der Waals surface area contributed by atoms with E-state index in [1.165, 1.54) is 25.6 Å². The largest absolute Gasteiger partial charge is 0.417 e. The van der Waals surface area contributed by atoms with Gasteiger partial charge in [-0.3, -0.25) is 10.2 Å². The molecule has 1 N–H and O–H groups in total. The van der Waals surface area contributed by atoms with Crippen molar-refractivity contribution in [2.24, 2.45) is 0 Å². The summed E-state index contributed by atoms with van der Waals surface area (Å²) in [5.41, 5.74) is -1.89. The van der Waals surface area contributed by atoms with Gasteiger partial charge in [0, 0.05) is 25.1 Å². The number of nitrogens with one attached hydrogen (secondary N) is 1. The number of methoxy groups -OCH3 is 1. The molecule has 0 aliphatic rings. The molecule has 3 rings (SSSR count). The number of allylic oxidation sites excluding steroid dienone is 1. The normalized spacial score (nSPS) is 13.2. The lowest BCUT2D eigenvalue weighted by molar-refractivity contribution is -0.140. The lowest BCUT2D eigenvalue weighted by atomic mass is 9.95. The number of rotatable bonds is 8. The number of hydrogen-bond acceptors (Lipinski definition) is 5. The van der Waals surface area contributed by atoms with Crippen LogP contribution in [-0.4, -0.2) is 35.9 Å². The maximum absolute atomic E-state index is 15.1. The molecule has 0 radical (unpaired) electrons. The second-order valence-corrected chi connectivity index (χ2v) is 9.12. The van der Waals surface area contributed by atoms with Crippen LogP contribution in [-0.2, 0) is 10.9 Å². The van der Waals surface area contributed by atoms with Crippen molar-refractivity contribution in [1.82, 2.24) is 15.4 Å². The van der Waals surface area contributed by atoms with Gasteiger partial charge in [0.2, 0.25) is 5.95 Å². The Morgan fingerprint density at radius 1 is 1.05 bits per heavy atom. The van der Waals surface area contributed by atoms with E-state index in [-0.39, 0.29) is 39.9 Å². The Morgan fingerprint density at radius 3 is 2.17 bits per heavy atom. The molecule has 214 valence electrons. The minimum atomic E-state index is -5.20. The number of anilines is 1. The van der Waals surface area contributed by atoms with Gasteiger partial charge in [-0.25, -0.2) is 19.4 Å². The number of halogens is 10. The highest BCUT2D eigenvalue weighted by atomic mass is 35.5. The smallest absolute Gasteiger partial charge is 0.362 e. The lowest BCUT2D eigenvalue weighted by Gasteiger charge is -2.23. The molecular weight excluding hydrogens is 616 g/mol. The molecule has 3 aromatic rings. The molecule has 0 spiro atoms. The zero-order valence-corrected chi connectivity index (χ0v) is 22.2. The average Bonchev–Trinajstić information content (AvgIpc) is 2.88. The molecule has 16 heteroatoms. The second kappa shape index (κ2) is 12.6. The average molecular weight is 632 g/mol. The number of carbonyl (C=O) groups excluding carboxylic acids is 1. The number of hydrogen-bond donors (Lipinski definition) is 1. The molecule has 0 saturated heterocycles. The third-order valence-electron chi connectivity index (χ3n) is 5.16. The van der Waals surface area contributed by atoms with E-state index in [0.717, 1.165) is 23.2 Å². The van der Waals surface area contributed by atoms with Gasteiger partial charge in [0.25, 0.3) is 5.91 Å². The quantitative estimate of drug-likeness (QED) is 0.119. The molecule has 0 aliphatic heterocycles. The molecule has 0 saturated carbocycles. The van der Waals surface area contributed by atoms with E-state index < -0.39 is 52.3 Å². The van der Waals surface area contributed by atoms with Crippen LogP contribution in [0.1, 0.15) is 33.0 Å². The summed E-state index contributed by atoms with van der Waals surface area (Å²) >= 11 is 17.4. The van der Waals surface area contributed by atoms with Crippen LogP contribution in [0.3, 0.4) is 0 Å². The first-order chi connectivity index (χ1) is 18.6. The molecule has 2 aromatic carbocycles. The van der Waals surface area contributed by atoms with Crippen LogP contribution in [0.25, 0.3) is 5.83 Å². The molecule has 40 heavy (non-hydrogen) atoms. The fourth-order valence-electron chi connectivity index (χ4n) is 3.38. The molecule has 1 amide bonds. The molecule has 1 aromatic heterocycles. The standard InChI is InChI=1S/C24H16Cl3F7N4O2/c1-40-11-38(22-35-5-2-6-36-22)37-21(39)14-4-3-12(7-16(14)24(32,33)34)19(28)10-15(23(29,30)31)13-8-17(25)20(27)18(26)9-13/h2-10,15H,11H2,1H3,(H,37,39). The number of aromatic nitrogens is 2. The van der Waals surface area contributed by atoms with Crippen molar-refractivity contribution in [2.45, 2.75) is 18.3 Å². The van der Waals surface area contributed by atoms with Crippen molar-refractivity contribution in [2.75, 3.05) is 18.8 Å². The van der Waals surface area contributed by atoms with Gasteiger partial charge in [0.05, 0.1) is 26.2 Å². The second-order valence-electron chi connectivity index (χ2n) is 7.93. The van der Waals surface area contributed by atoms with Gasteiger partial charge in [-0.15, -0.1) is 0 Å². The summed E-state index contributed by atoms with van der Waals surface area (Å²) in [6.45, 7) is -0.357. The predicted molar refractivity (Wildman–Crippen MR) is 135 cm³/mol. The Hall–Kier alpha value is -3.13. The summed E-state index contributed by atoms with van der Waals surface area (Å²) in [7, 11) is 1.24. The van der Waals surface area contributed by atoms with Crippen LogP contribution < -0.4 is 10.4 Å². The third-order valence-corrected chi connectivity index (χ3v) is 6.36. The Balaban J connectivity index is 2.02. The monoisotopic (exact) mass is 630 g/mol. The Kier molecular flexibility index (Phi) is 9.88. The summed E-state index contributed by atoms with van der Waals surface area (Å²) in [5, 5.41) is -0.00697. The van der Waals surface area contributed by atoms with Crippen LogP contribution in [0, 0.1) is 0 Å². The first-order valence-electron chi connectivity index (χ1n) is 10.8. The van der Waals surface area contributed by atoms with Crippen molar-refractivity contribution in [3.8, 4) is 0 Å². The van der Waals surface area contributed by atoms with Gasteiger partial charge < -0.3 is 4.74 Å². The van der Waals surface area contributed by atoms with E-state index in [1.54, 1.807) is 0 Å². The summed E-state index contributed by atoms with van der Waals surface area (Å²) < 4.78 is 103. The van der Waals surface area contributed by atoms with Crippen LogP contribution in [0.4, 0.5) is 36.7 Å². The highest BCUT2D eigenvalue weighted by Crippen LogP contribution is 2.42. The summed E-state index contributed by atoms with van der Waals surface area (Å²) in [6.07, 6.45) is -7.60. The molecule has 0 fully saturated rings. The molecule has 1 heterocycles. The third kappa shape index (κ3) is 7.53. The lowest BCUT2D eigenvalue weighted by Crippen LogP contribution is -2.45. The van der Waals surface area contributed by atoms with Crippen LogP contribution in [0.2, 0.25) is 15.1 Å². The molecule has 1 atom stereocenters. The number of hydrazine groups is 1. The maximum Gasteiger partial charge on any atom is 0.417 e. The van der Waals surface area contributed by atoms with Crippen molar-refractivity contribution in [1.29, 1.82) is 0 Å². The first kappa shape index (κ1) is 31.4. The van der Waals surface area contributed by atoms with Gasteiger partial charge in [-0.1, -0.05) is 40.9 Å². The molecule has 0 bridgehead atoms. The van der Waals surface area contributed by atoms with E-state index in [2.05, 4.69) is 15.4 Å². The number of ether oxygens (including phenoxy) is 1. The zero-order valence-electron chi connectivity index (χ0n) is 19.9. The number of benzene rings is 2. The van der Waals surface area contributed by atoms with E-state index in [4.69, 9.17) is 39.5 Å². The maximum atomic E-state index is 15.1. The number of carbonyl (C=O) groups is 1. The fraction of sp³-hybridized carbons (Fsp3) is 0.208. The highest BCUT2D eigenvalue weighted by molar-refractivity contribution is 6.48. The van der Waals surface area contributed by atoms with Gasteiger partial charge in [-0.2, -0.15) is 26.3 Å². The Labute approximate surface area is 237 Å². The summed E-state index contributed by atoms with van der Waals surface area (Å²) in [6, 6.07) is 4.65. The van der Waals surface area contributed by atoms with Crippen molar-refractivity contribution in [3.63, 3.8) is 0 Å². The fourth-order valence-corrected chi connectivity index (χ4v) is 4.00. The Bertz CT molecular complexity index is 1380. The minimum Gasteiger partial charge on any atom is -0.362 e. The van der Waals surface area contributed by atoms with Gasteiger partial charge in [0.15, 0.2) is 0 Å². The molecule has 6 nitrogen and oxygen atoms in total. The van der Waals surface area contributed by atoms with Gasteiger partial charge in [-0.05, 0) is 42.0 Å². The van der Waals surface area contributed by atoms with Gasteiger partial charge >= 0.3 is 12.4 Å². The van der Waals surface area contributed by atoms with Crippen LogP contribution >= 0.6 is 34.8 Å².